The van der Waals surface area contributed by atoms with Crippen molar-refractivity contribution in [2.75, 3.05) is 0 Å². The van der Waals surface area contributed by atoms with Crippen LogP contribution >= 0.6 is 0 Å². The Bertz CT molecular complexity index is 1110. The molecule has 0 aliphatic heterocycles. The van der Waals surface area contributed by atoms with Crippen molar-refractivity contribution in [1.82, 2.24) is 0 Å². The van der Waals surface area contributed by atoms with Crippen LogP contribution in [-0.2, 0) is 16.0 Å². The molecule has 1 saturated carbocycles. The highest BCUT2D eigenvalue weighted by molar-refractivity contribution is 5.78. The summed E-state index contributed by atoms with van der Waals surface area (Å²) in [5.74, 6) is 0.464. The van der Waals surface area contributed by atoms with Crippen LogP contribution in [0.2, 0.25) is 0 Å². The highest BCUT2D eigenvalue weighted by atomic mass is 16.4. The Morgan fingerprint density at radius 2 is 0.718 bits per heavy atom. The molecule has 1 fully saturated rings. The summed E-state index contributed by atoms with van der Waals surface area (Å²) in [6.45, 7) is 0. The first-order valence-electron chi connectivity index (χ1n) is 13.4. The first kappa shape index (κ1) is 28.4. The fourth-order valence-electron chi connectivity index (χ4n) is 5.19. The van der Waals surface area contributed by atoms with Crippen molar-refractivity contribution in [2.24, 2.45) is 0 Å². The van der Waals surface area contributed by atoms with Gasteiger partial charge in [0, 0.05) is 12.8 Å². The molecule has 0 bridgehead atoms. The van der Waals surface area contributed by atoms with E-state index in [2.05, 4.69) is 0 Å². The predicted molar refractivity (Wildman–Crippen MR) is 152 cm³/mol. The van der Waals surface area contributed by atoms with Gasteiger partial charge in [-0.2, -0.15) is 0 Å². The topological polar surface area (TPSA) is 98.0 Å². The number of hydrogen-bond acceptors (Lipinski definition) is 5. The molecule has 5 nitrogen and oxygen atoms in total. The highest BCUT2D eigenvalue weighted by Crippen LogP contribution is 2.41. The van der Waals surface area contributed by atoms with Crippen LogP contribution in [0, 0.1) is 0 Å². The quantitative estimate of drug-likeness (QED) is 0.270. The number of hydrogen-bond donors (Lipinski definition) is 4. The maximum atomic E-state index is 11.9. The summed E-state index contributed by atoms with van der Waals surface area (Å²) in [5.41, 5.74) is -2.33. The lowest BCUT2D eigenvalue weighted by molar-refractivity contribution is -0.167. The van der Waals surface area contributed by atoms with Gasteiger partial charge < -0.3 is 20.4 Å². The summed E-state index contributed by atoms with van der Waals surface area (Å²) in [6.07, 6.45) is 1.71. The van der Waals surface area contributed by atoms with Crippen molar-refractivity contribution in [3.63, 3.8) is 0 Å². The molecule has 0 heterocycles. The van der Waals surface area contributed by atoms with Crippen LogP contribution in [0.4, 0.5) is 0 Å². The zero-order chi connectivity index (χ0) is 27.7. The van der Waals surface area contributed by atoms with Crippen LogP contribution in [0.15, 0.2) is 121 Å². The van der Waals surface area contributed by atoms with Gasteiger partial charge in [-0.25, -0.2) is 0 Å². The smallest absolute Gasteiger partial charge is 0.143 e. The van der Waals surface area contributed by atoms with Crippen LogP contribution in [0.25, 0.3) is 0 Å². The maximum Gasteiger partial charge on any atom is 0.143 e. The third-order valence-corrected chi connectivity index (χ3v) is 7.42. The molecule has 5 rings (SSSR count). The zero-order valence-corrected chi connectivity index (χ0v) is 21.9. The Morgan fingerprint density at radius 3 is 0.923 bits per heavy atom. The van der Waals surface area contributed by atoms with Crippen LogP contribution in [-0.4, -0.2) is 38.4 Å². The molecule has 5 heteroatoms. The fraction of sp³-hybridized carbons (Fsp3) is 0.265. The Morgan fingerprint density at radius 1 is 0.462 bits per heavy atom. The standard InChI is InChI=1S/C28H26O4.C6H10O/c29-25(27(31,21-13-5-1-6-14-21)22-15-7-2-8-16-22)26(30)28(32,23-17-9-3-10-18-23)24-19-11-4-12-20-24;7-6-4-2-1-3-5-6/h1-20,25-26,29-32H;1-5H2/t25-,26-;/m1./s1. The molecule has 1 aliphatic rings. The number of benzene rings is 4. The van der Waals surface area contributed by atoms with Crippen molar-refractivity contribution < 1.29 is 25.2 Å². The summed E-state index contributed by atoms with van der Waals surface area (Å²) >= 11 is 0. The van der Waals surface area contributed by atoms with Gasteiger partial charge in [-0.3, -0.25) is 4.79 Å². The van der Waals surface area contributed by atoms with Crippen molar-refractivity contribution in [3.05, 3.63) is 144 Å². The van der Waals surface area contributed by atoms with E-state index < -0.39 is 23.4 Å². The van der Waals surface area contributed by atoms with E-state index in [0.29, 0.717) is 28.0 Å². The molecule has 0 amide bonds. The molecule has 0 aromatic heterocycles. The van der Waals surface area contributed by atoms with E-state index in [0.717, 1.165) is 25.7 Å². The molecule has 1 aliphatic carbocycles. The molecular formula is C34H36O5. The van der Waals surface area contributed by atoms with E-state index in [1.807, 2.05) is 24.3 Å². The second kappa shape index (κ2) is 13.0. The first-order chi connectivity index (χ1) is 18.9. The summed E-state index contributed by atoms with van der Waals surface area (Å²) in [6, 6.07) is 34.8. The minimum Gasteiger partial charge on any atom is -0.387 e. The molecule has 202 valence electrons. The lowest BCUT2D eigenvalue weighted by atomic mass is 9.72. The number of Topliss-reactive ketones (excluding diaryl/α,β-unsaturated/α-hetero) is 1. The third-order valence-electron chi connectivity index (χ3n) is 7.42. The van der Waals surface area contributed by atoms with E-state index in [1.165, 1.54) is 6.42 Å². The summed E-state index contributed by atoms with van der Waals surface area (Å²) in [4.78, 5) is 10.5. The molecule has 39 heavy (non-hydrogen) atoms. The molecule has 0 saturated heterocycles. The number of ketones is 1. The van der Waals surface area contributed by atoms with E-state index in [-0.39, 0.29) is 0 Å². The van der Waals surface area contributed by atoms with E-state index >= 15 is 0 Å². The molecule has 0 spiro atoms. The third kappa shape index (κ3) is 6.18. The van der Waals surface area contributed by atoms with Gasteiger partial charge in [0.2, 0.25) is 0 Å². The second-order valence-corrected chi connectivity index (χ2v) is 9.99. The fourth-order valence-corrected chi connectivity index (χ4v) is 5.19. The van der Waals surface area contributed by atoms with E-state index in [9.17, 15) is 25.2 Å². The monoisotopic (exact) mass is 524 g/mol. The van der Waals surface area contributed by atoms with Gasteiger partial charge in [-0.1, -0.05) is 128 Å². The van der Waals surface area contributed by atoms with Gasteiger partial charge in [0.1, 0.15) is 29.2 Å². The van der Waals surface area contributed by atoms with Gasteiger partial charge in [0.25, 0.3) is 0 Å². The molecular weight excluding hydrogens is 488 g/mol. The van der Waals surface area contributed by atoms with E-state index in [4.69, 9.17) is 0 Å². The predicted octanol–water partition coefficient (Wildman–Crippen LogP) is 5.10. The SMILES string of the molecule is O=C1CCCCC1.O[C@H]([C@@H](O)C(O)(c1ccccc1)c1ccccc1)C(O)(c1ccccc1)c1ccccc1. The minimum absolute atomic E-state index is 0.404. The number of carbonyl (C=O) groups excluding carboxylic acids is 1. The molecule has 4 N–H and O–H groups in total. The van der Waals surface area contributed by atoms with E-state index in [1.54, 1.807) is 97.1 Å². The Balaban J connectivity index is 0.000000438. The van der Waals surface area contributed by atoms with Crippen LogP contribution < -0.4 is 0 Å². The van der Waals surface area contributed by atoms with Gasteiger partial charge in [-0.05, 0) is 35.1 Å². The largest absolute Gasteiger partial charge is 0.387 e. The van der Waals surface area contributed by atoms with Crippen molar-refractivity contribution in [3.8, 4) is 0 Å². The summed E-state index contributed by atoms with van der Waals surface area (Å²) < 4.78 is 0. The minimum atomic E-state index is -1.97. The van der Waals surface area contributed by atoms with Gasteiger partial charge in [0.15, 0.2) is 0 Å². The lowest BCUT2D eigenvalue weighted by Crippen LogP contribution is -2.56. The average Bonchev–Trinajstić information content (AvgIpc) is 3.02. The number of rotatable bonds is 7. The average molecular weight is 525 g/mol. The lowest BCUT2D eigenvalue weighted by Gasteiger charge is -2.43. The number of aliphatic hydroxyl groups excluding tert-OH is 2. The van der Waals surface area contributed by atoms with Crippen LogP contribution in [0.3, 0.4) is 0 Å². The first-order valence-corrected chi connectivity index (χ1v) is 13.4. The molecule has 2 atom stereocenters. The van der Waals surface area contributed by atoms with Gasteiger partial charge in [-0.15, -0.1) is 0 Å². The van der Waals surface area contributed by atoms with Crippen molar-refractivity contribution in [1.29, 1.82) is 0 Å². The van der Waals surface area contributed by atoms with Gasteiger partial charge >= 0.3 is 0 Å². The van der Waals surface area contributed by atoms with Crippen LogP contribution in [0.5, 0.6) is 0 Å². The molecule has 0 radical (unpaired) electrons. The summed E-state index contributed by atoms with van der Waals surface area (Å²) in [5, 5.41) is 46.9. The Hall–Kier alpha value is -3.61. The molecule has 0 unspecified atom stereocenters. The molecule has 4 aromatic carbocycles. The van der Waals surface area contributed by atoms with Crippen molar-refractivity contribution in [2.45, 2.75) is 55.5 Å². The normalized spacial score (nSPS) is 15.5. The highest BCUT2D eigenvalue weighted by Gasteiger charge is 2.52. The second-order valence-electron chi connectivity index (χ2n) is 9.99. The Labute approximate surface area is 230 Å². The Kier molecular flexibility index (Phi) is 9.44. The summed E-state index contributed by atoms with van der Waals surface area (Å²) in [7, 11) is 0. The number of aliphatic hydroxyl groups is 4. The number of carbonyl (C=O) groups is 1. The van der Waals surface area contributed by atoms with Gasteiger partial charge in [0.05, 0.1) is 0 Å². The maximum absolute atomic E-state index is 11.9. The van der Waals surface area contributed by atoms with Crippen LogP contribution in [0.1, 0.15) is 54.4 Å². The van der Waals surface area contributed by atoms with Crippen molar-refractivity contribution >= 4 is 5.78 Å². The zero-order valence-electron chi connectivity index (χ0n) is 21.9. The molecule has 4 aromatic rings.